The van der Waals surface area contributed by atoms with Crippen LogP contribution in [0.25, 0.3) is 11.2 Å². The summed E-state index contributed by atoms with van der Waals surface area (Å²) in [6, 6.07) is 7.15. The van der Waals surface area contributed by atoms with Gasteiger partial charge in [-0.1, -0.05) is 5.21 Å². The second-order valence-electron chi connectivity index (χ2n) is 6.22. The van der Waals surface area contributed by atoms with Crippen LogP contribution < -0.4 is 15.0 Å². The minimum Gasteiger partial charge on any atom is -0.497 e. The van der Waals surface area contributed by atoms with Gasteiger partial charge in [0.15, 0.2) is 17.0 Å². The zero-order chi connectivity index (χ0) is 18.8. The fourth-order valence-electron chi connectivity index (χ4n) is 3.07. The van der Waals surface area contributed by atoms with Crippen LogP contribution in [-0.4, -0.2) is 69.2 Å². The summed E-state index contributed by atoms with van der Waals surface area (Å²) in [5.41, 5.74) is 2.11. The predicted octanol–water partition coefficient (Wildman–Crippen LogP) is 1.12. The van der Waals surface area contributed by atoms with E-state index in [0.717, 1.165) is 17.3 Å². The van der Waals surface area contributed by atoms with E-state index in [-0.39, 0.29) is 6.03 Å². The van der Waals surface area contributed by atoms with Crippen LogP contribution >= 0.6 is 0 Å². The number of piperazine rings is 1. The van der Waals surface area contributed by atoms with Crippen molar-refractivity contribution in [3.63, 3.8) is 0 Å². The second-order valence-corrected chi connectivity index (χ2v) is 6.22. The molecule has 3 aromatic rings. The van der Waals surface area contributed by atoms with Gasteiger partial charge in [-0.05, 0) is 24.3 Å². The average molecular weight is 368 g/mol. The highest BCUT2D eigenvalue weighted by molar-refractivity contribution is 5.89. The molecule has 2 amide bonds. The fraction of sp³-hybridized carbons (Fsp3) is 0.353. The number of nitrogens with zero attached hydrogens (tertiary/aromatic N) is 7. The Morgan fingerprint density at radius 1 is 1.11 bits per heavy atom. The minimum atomic E-state index is -0.118. The van der Waals surface area contributed by atoms with Gasteiger partial charge in [-0.25, -0.2) is 19.4 Å². The van der Waals surface area contributed by atoms with Crippen molar-refractivity contribution in [3.8, 4) is 5.75 Å². The lowest BCUT2D eigenvalue weighted by molar-refractivity contribution is 0.208. The molecule has 0 unspecified atom stereocenters. The number of nitrogens with one attached hydrogen (secondary N) is 1. The van der Waals surface area contributed by atoms with Crippen LogP contribution in [0.2, 0.25) is 0 Å². The first-order chi connectivity index (χ1) is 13.2. The number of anilines is 2. The van der Waals surface area contributed by atoms with Crippen molar-refractivity contribution < 1.29 is 9.53 Å². The molecule has 27 heavy (non-hydrogen) atoms. The molecule has 0 saturated carbocycles. The molecule has 2 aromatic heterocycles. The molecule has 3 heterocycles. The minimum absolute atomic E-state index is 0.118. The number of carbonyl (C=O) groups excluding carboxylic acids is 1. The quantitative estimate of drug-likeness (QED) is 0.739. The Balaban J connectivity index is 1.40. The molecule has 1 saturated heterocycles. The van der Waals surface area contributed by atoms with Gasteiger partial charge in [0.25, 0.3) is 0 Å². The van der Waals surface area contributed by atoms with Crippen LogP contribution in [0, 0.1) is 0 Å². The summed E-state index contributed by atoms with van der Waals surface area (Å²) in [4.78, 5) is 25.0. The molecule has 1 aliphatic heterocycles. The van der Waals surface area contributed by atoms with Crippen molar-refractivity contribution >= 4 is 28.7 Å². The third-order valence-electron chi connectivity index (χ3n) is 4.58. The van der Waals surface area contributed by atoms with E-state index in [1.165, 1.54) is 6.33 Å². The molecular formula is C17H20N8O2. The summed E-state index contributed by atoms with van der Waals surface area (Å²) in [7, 11) is 3.41. The number of aryl methyl sites for hydroxylation is 1. The number of benzene rings is 1. The monoisotopic (exact) mass is 368 g/mol. The van der Waals surface area contributed by atoms with Gasteiger partial charge in [0.05, 0.1) is 7.11 Å². The SMILES string of the molecule is COc1ccc(NC(=O)N2CCN(c3ncnc4c3nnn4C)CC2)cc1. The molecule has 0 atom stereocenters. The van der Waals surface area contributed by atoms with Crippen LogP contribution in [0.1, 0.15) is 0 Å². The van der Waals surface area contributed by atoms with Gasteiger partial charge in [0, 0.05) is 38.9 Å². The first-order valence-corrected chi connectivity index (χ1v) is 8.61. The summed E-state index contributed by atoms with van der Waals surface area (Å²) in [6.07, 6.45) is 1.52. The van der Waals surface area contributed by atoms with Crippen LogP contribution in [0.5, 0.6) is 5.75 Å². The molecule has 4 rings (SSSR count). The van der Waals surface area contributed by atoms with Gasteiger partial charge in [0.1, 0.15) is 12.1 Å². The number of hydrogen-bond acceptors (Lipinski definition) is 7. The number of hydrogen-bond donors (Lipinski definition) is 1. The van der Waals surface area contributed by atoms with E-state index < -0.39 is 0 Å². The van der Waals surface area contributed by atoms with Crippen molar-refractivity contribution in [2.75, 3.05) is 43.5 Å². The van der Waals surface area contributed by atoms with E-state index in [1.807, 2.05) is 24.3 Å². The van der Waals surface area contributed by atoms with Crippen LogP contribution in [0.3, 0.4) is 0 Å². The van der Waals surface area contributed by atoms with E-state index >= 15 is 0 Å². The number of rotatable bonds is 3. The molecule has 1 aromatic carbocycles. The molecule has 0 spiro atoms. The molecule has 1 N–H and O–H groups in total. The predicted molar refractivity (Wildman–Crippen MR) is 99.9 cm³/mol. The van der Waals surface area contributed by atoms with Gasteiger partial charge in [0.2, 0.25) is 0 Å². The summed E-state index contributed by atoms with van der Waals surface area (Å²) >= 11 is 0. The molecule has 1 aliphatic rings. The Hall–Kier alpha value is -3.43. The highest BCUT2D eigenvalue weighted by atomic mass is 16.5. The first kappa shape index (κ1) is 17.0. The summed E-state index contributed by atoms with van der Waals surface area (Å²) in [6.45, 7) is 2.51. The molecule has 140 valence electrons. The zero-order valence-electron chi connectivity index (χ0n) is 15.2. The van der Waals surface area contributed by atoms with Crippen molar-refractivity contribution in [3.05, 3.63) is 30.6 Å². The third kappa shape index (κ3) is 3.33. The Kier molecular flexibility index (Phi) is 4.45. The Labute approximate surface area is 155 Å². The van der Waals surface area contributed by atoms with E-state index in [4.69, 9.17) is 4.74 Å². The number of methoxy groups -OCH3 is 1. The summed E-state index contributed by atoms with van der Waals surface area (Å²) in [5.74, 6) is 1.50. The van der Waals surface area contributed by atoms with E-state index in [0.29, 0.717) is 37.3 Å². The summed E-state index contributed by atoms with van der Waals surface area (Å²) < 4.78 is 6.75. The largest absolute Gasteiger partial charge is 0.497 e. The maximum Gasteiger partial charge on any atom is 0.321 e. The highest BCUT2D eigenvalue weighted by Crippen LogP contribution is 2.21. The standard InChI is InChI=1S/C17H20N8O2/c1-23-15-14(21-22-23)16(19-11-18-15)24-7-9-25(10-8-24)17(26)20-12-3-5-13(27-2)6-4-12/h3-6,11H,7-10H2,1-2H3,(H,20,26). The molecular weight excluding hydrogens is 348 g/mol. The second kappa shape index (κ2) is 7.06. The number of ether oxygens (including phenoxy) is 1. The van der Waals surface area contributed by atoms with E-state index in [1.54, 1.807) is 23.7 Å². The highest BCUT2D eigenvalue weighted by Gasteiger charge is 2.24. The van der Waals surface area contributed by atoms with Crippen LogP contribution in [0.4, 0.5) is 16.3 Å². The van der Waals surface area contributed by atoms with Crippen molar-refractivity contribution in [1.82, 2.24) is 29.9 Å². The van der Waals surface area contributed by atoms with Crippen LogP contribution in [0.15, 0.2) is 30.6 Å². The number of carbonyl (C=O) groups is 1. The summed E-state index contributed by atoms with van der Waals surface area (Å²) in [5, 5.41) is 11.1. The van der Waals surface area contributed by atoms with Gasteiger partial charge >= 0.3 is 6.03 Å². The topological polar surface area (TPSA) is 101 Å². The van der Waals surface area contributed by atoms with E-state index in [2.05, 4.69) is 30.5 Å². The van der Waals surface area contributed by atoms with Gasteiger partial charge in [-0.15, -0.1) is 5.10 Å². The molecule has 0 radical (unpaired) electrons. The molecule has 10 heteroatoms. The van der Waals surface area contributed by atoms with Crippen LogP contribution in [-0.2, 0) is 7.05 Å². The van der Waals surface area contributed by atoms with Crippen molar-refractivity contribution in [2.24, 2.45) is 7.05 Å². The average Bonchev–Trinajstić information content (AvgIpc) is 3.10. The number of amides is 2. The Morgan fingerprint density at radius 2 is 1.85 bits per heavy atom. The molecule has 0 bridgehead atoms. The normalized spacial score (nSPS) is 14.4. The maximum atomic E-state index is 12.5. The smallest absolute Gasteiger partial charge is 0.321 e. The van der Waals surface area contributed by atoms with Gasteiger partial charge < -0.3 is 19.9 Å². The Morgan fingerprint density at radius 3 is 2.56 bits per heavy atom. The molecule has 0 aliphatic carbocycles. The lowest BCUT2D eigenvalue weighted by Gasteiger charge is -2.35. The lowest BCUT2D eigenvalue weighted by atomic mass is 10.3. The fourth-order valence-corrected chi connectivity index (χ4v) is 3.07. The number of urea groups is 1. The maximum absolute atomic E-state index is 12.5. The molecule has 10 nitrogen and oxygen atoms in total. The van der Waals surface area contributed by atoms with Gasteiger partial charge in [-0.3, -0.25) is 0 Å². The number of fused-ring (bicyclic) bond motifs is 1. The third-order valence-corrected chi connectivity index (χ3v) is 4.58. The molecule has 1 fully saturated rings. The van der Waals surface area contributed by atoms with Crippen molar-refractivity contribution in [1.29, 1.82) is 0 Å². The first-order valence-electron chi connectivity index (χ1n) is 8.61. The Bertz CT molecular complexity index is 947. The van der Waals surface area contributed by atoms with Gasteiger partial charge in [-0.2, -0.15) is 0 Å². The number of aromatic nitrogens is 5. The lowest BCUT2D eigenvalue weighted by Crippen LogP contribution is -2.50. The van der Waals surface area contributed by atoms with E-state index in [9.17, 15) is 4.79 Å². The van der Waals surface area contributed by atoms with Crippen molar-refractivity contribution in [2.45, 2.75) is 0 Å². The zero-order valence-corrected chi connectivity index (χ0v) is 15.2.